The van der Waals surface area contributed by atoms with Crippen LogP contribution in [0.4, 0.5) is 5.69 Å². The molecule has 0 spiro atoms. The van der Waals surface area contributed by atoms with Crippen LogP contribution in [0.15, 0.2) is 48.8 Å². The van der Waals surface area contributed by atoms with Crippen LogP contribution >= 0.6 is 34.8 Å². The fraction of sp³-hybridized carbons (Fsp3) is 0. The Hall–Kier alpha value is -2.08. The number of pyridine rings is 1. The molecule has 2 aromatic heterocycles. The lowest BCUT2D eigenvalue weighted by molar-refractivity contribution is 0.102. The Morgan fingerprint density at radius 1 is 1.09 bits per heavy atom. The van der Waals surface area contributed by atoms with Crippen molar-refractivity contribution in [2.75, 3.05) is 5.32 Å². The van der Waals surface area contributed by atoms with E-state index in [0.717, 1.165) is 0 Å². The zero-order valence-electron chi connectivity index (χ0n) is 11.5. The number of anilines is 1. The normalized spacial score (nSPS) is 10.6. The van der Waals surface area contributed by atoms with Gasteiger partial charge in [0.1, 0.15) is 10.3 Å². The van der Waals surface area contributed by atoms with Crippen molar-refractivity contribution in [1.29, 1.82) is 0 Å². The van der Waals surface area contributed by atoms with Crippen LogP contribution < -0.4 is 5.32 Å². The van der Waals surface area contributed by atoms with Gasteiger partial charge in [-0.25, -0.2) is 9.67 Å². The van der Waals surface area contributed by atoms with Crippen LogP contribution in [-0.2, 0) is 0 Å². The van der Waals surface area contributed by atoms with Crippen LogP contribution in [0.1, 0.15) is 10.4 Å². The molecule has 1 amide bonds. The van der Waals surface area contributed by atoms with Crippen molar-refractivity contribution in [2.24, 2.45) is 0 Å². The summed E-state index contributed by atoms with van der Waals surface area (Å²) >= 11 is 17.8. The zero-order chi connectivity index (χ0) is 16.4. The minimum atomic E-state index is -0.362. The number of nitrogens with one attached hydrogen (secondary N) is 1. The van der Waals surface area contributed by atoms with Gasteiger partial charge in [0.15, 0.2) is 0 Å². The van der Waals surface area contributed by atoms with Gasteiger partial charge in [0.25, 0.3) is 5.91 Å². The van der Waals surface area contributed by atoms with Crippen LogP contribution in [-0.4, -0.2) is 20.7 Å². The largest absolute Gasteiger partial charge is 0.322 e. The molecule has 0 bridgehead atoms. The SMILES string of the molecule is O=C(Nc1ccc(-n2cccn2)c(Cl)c1)c1cc(Cl)nc(Cl)c1. The van der Waals surface area contributed by atoms with E-state index < -0.39 is 0 Å². The lowest BCUT2D eigenvalue weighted by atomic mass is 10.2. The number of rotatable bonds is 3. The van der Waals surface area contributed by atoms with Gasteiger partial charge in [0.05, 0.1) is 10.7 Å². The lowest BCUT2D eigenvalue weighted by Crippen LogP contribution is -2.12. The number of amides is 1. The molecule has 0 fully saturated rings. The Morgan fingerprint density at radius 2 is 1.83 bits per heavy atom. The van der Waals surface area contributed by atoms with Gasteiger partial charge in [-0.2, -0.15) is 5.10 Å². The quantitative estimate of drug-likeness (QED) is 0.694. The van der Waals surface area contributed by atoms with Crippen molar-refractivity contribution in [3.05, 3.63) is 69.7 Å². The van der Waals surface area contributed by atoms with E-state index in [-0.39, 0.29) is 16.2 Å². The monoisotopic (exact) mass is 366 g/mol. The molecule has 1 N–H and O–H groups in total. The van der Waals surface area contributed by atoms with Crippen LogP contribution in [0.3, 0.4) is 0 Å². The maximum Gasteiger partial charge on any atom is 0.255 e. The smallest absolute Gasteiger partial charge is 0.255 e. The first kappa shape index (κ1) is 15.8. The second kappa shape index (κ2) is 6.58. The first-order valence-electron chi connectivity index (χ1n) is 6.47. The average Bonchev–Trinajstić information content (AvgIpc) is 3.00. The molecular weight excluding hydrogens is 359 g/mol. The Kier molecular flexibility index (Phi) is 4.52. The van der Waals surface area contributed by atoms with Crippen molar-refractivity contribution >= 4 is 46.4 Å². The van der Waals surface area contributed by atoms with Gasteiger partial charge in [-0.3, -0.25) is 4.79 Å². The summed E-state index contributed by atoms with van der Waals surface area (Å²) in [5.41, 5.74) is 1.56. The molecule has 0 unspecified atom stereocenters. The van der Waals surface area contributed by atoms with E-state index in [0.29, 0.717) is 22.0 Å². The molecule has 3 rings (SSSR count). The second-order valence-electron chi connectivity index (χ2n) is 4.57. The maximum atomic E-state index is 12.2. The highest BCUT2D eigenvalue weighted by Gasteiger charge is 2.11. The molecule has 0 atom stereocenters. The summed E-state index contributed by atoms with van der Waals surface area (Å²) in [5, 5.41) is 7.59. The van der Waals surface area contributed by atoms with Crippen molar-refractivity contribution in [1.82, 2.24) is 14.8 Å². The van der Waals surface area contributed by atoms with Crippen LogP contribution in [0, 0.1) is 0 Å². The minimum absolute atomic E-state index is 0.148. The molecule has 8 heteroatoms. The number of hydrogen-bond donors (Lipinski definition) is 1. The molecule has 0 radical (unpaired) electrons. The third-order valence-corrected chi connectivity index (χ3v) is 3.67. The molecule has 5 nitrogen and oxygen atoms in total. The van der Waals surface area contributed by atoms with Gasteiger partial charge in [0.2, 0.25) is 0 Å². The summed E-state index contributed by atoms with van der Waals surface area (Å²) in [7, 11) is 0. The van der Waals surface area contributed by atoms with Crippen molar-refractivity contribution in [3.8, 4) is 5.69 Å². The van der Waals surface area contributed by atoms with Crippen LogP contribution in [0.2, 0.25) is 15.3 Å². The first-order chi connectivity index (χ1) is 11.0. The van der Waals surface area contributed by atoms with E-state index in [1.165, 1.54) is 12.1 Å². The summed E-state index contributed by atoms with van der Waals surface area (Å²) in [6.07, 6.45) is 3.43. The van der Waals surface area contributed by atoms with E-state index in [1.54, 1.807) is 41.3 Å². The second-order valence-corrected chi connectivity index (χ2v) is 5.75. The van der Waals surface area contributed by atoms with Gasteiger partial charge in [0, 0.05) is 23.6 Å². The number of benzene rings is 1. The number of nitrogens with zero attached hydrogens (tertiary/aromatic N) is 3. The summed E-state index contributed by atoms with van der Waals surface area (Å²) in [5.74, 6) is -0.362. The maximum absolute atomic E-state index is 12.2. The Morgan fingerprint density at radius 3 is 2.43 bits per heavy atom. The molecule has 3 aromatic rings. The molecule has 23 heavy (non-hydrogen) atoms. The van der Waals surface area contributed by atoms with E-state index in [2.05, 4.69) is 15.4 Å². The lowest BCUT2D eigenvalue weighted by Gasteiger charge is -2.09. The van der Waals surface area contributed by atoms with Crippen LogP contribution in [0.25, 0.3) is 5.69 Å². The fourth-order valence-corrected chi connectivity index (χ4v) is 2.71. The van der Waals surface area contributed by atoms with Gasteiger partial charge < -0.3 is 5.32 Å². The number of carbonyl (C=O) groups is 1. The molecule has 0 aliphatic rings. The third-order valence-electron chi connectivity index (χ3n) is 2.98. The van der Waals surface area contributed by atoms with Crippen molar-refractivity contribution in [2.45, 2.75) is 0 Å². The molecule has 0 saturated heterocycles. The molecule has 0 saturated carbocycles. The van der Waals surface area contributed by atoms with E-state index in [4.69, 9.17) is 34.8 Å². The summed E-state index contributed by atoms with van der Waals surface area (Å²) < 4.78 is 1.64. The number of aromatic nitrogens is 3. The highest BCUT2D eigenvalue weighted by Crippen LogP contribution is 2.24. The van der Waals surface area contributed by atoms with Gasteiger partial charge >= 0.3 is 0 Å². The van der Waals surface area contributed by atoms with E-state index in [1.807, 2.05) is 0 Å². The molecule has 116 valence electrons. The Labute approximate surface area is 146 Å². The Balaban J connectivity index is 1.83. The number of carbonyl (C=O) groups excluding carboxylic acids is 1. The highest BCUT2D eigenvalue weighted by atomic mass is 35.5. The van der Waals surface area contributed by atoms with Crippen molar-refractivity contribution < 1.29 is 4.79 Å². The molecular formula is C15H9Cl3N4O. The van der Waals surface area contributed by atoms with E-state index in [9.17, 15) is 4.79 Å². The summed E-state index contributed by atoms with van der Waals surface area (Å²) in [4.78, 5) is 16.0. The number of hydrogen-bond acceptors (Lipinski definition) is 3. The predicted molar refractivity (Wildman–Crippen MR) is 90.8 cm³/mol. The third kappa shape index (κ3) is 3.64. The summed E-state index contributed by atoms with van der Waals surface area (Å²) in [6.45, 7) is 0. The highest BCUT2D eigenvalue weighted by molar-refractivity contribution is 6.33. The standard InChI is InChI=1S/C15H9Cl3N4O/c16-11-8-10(2-3-12(11)22-5-1-4-19-22)20-15(23)9-6-13(17)21-14(18)7-9/h1-8H,(H,20,23). The van der Waals surface area contributed by atoms with Gasteiger partial charge in [-0.05, 0) is 36.4 Å². The summed E-state index contributed by atoms with van der Waals surface area (Å²) in [6, 6.07) is 9.79. The first-order valence-corrected chi connectivity index (χ1v) is 7.60. The topological polar surface area (TPSA) is 59.8 Å². The Bertz CT molecular complexity index is 845. The van der Waals surface area contributed by atoms with Crippen LogP contribution in [0.5, 0.6) is 0 Å². The fourth-order valence-electron chi connectivity index (χ4n) is 1.98. The molecule has 2 heterocycles. The van der Waals surface area contributed by atoms with Crippen molar-refractivity contribution in [3.63, 3.8) is 0 Å². The minimum Gasteiger partial charge on any atom is -0.322 e. The number of halogens is 3. The van der Waals surface area contributed by atoms with Gasteiger partial charge in [-0.1, -0.05) is 34.8 Å². The predicted octanol–water partition coefficient (Wildman–Crippen LogP) is 4.48. The zero-order valence-corrected chi connectivity index (χ0v) is 13.8. The molecule has 0 aliphatic heterocycles. The molecule has 0 aliphatic carbocycles. The molecule has 1 aromatic carbocycles. The average molecular weight is 368 g/mol. The van der Waals surface area contributed by atoms with E-state index >= 15 is 0 Å². The van der Waals surface area contributed by atoms with Gasteiger partial charge in [-0.15, -0.1) is 0 Å².